The van der Waals surface area contributed by atoms with Crippen molar-refractivity contribution in [2.24, 2.45) is 0 Å². The third-order valence-corrected chi connectivity index (χ3v) is 1.87. The Morgan fingerprint density at radius 2 is 2.07 bits per heavy atom. The van der Waals surface area contributed by atoms with Crippen molar-refractivity contribution >= 4 is 30.1 Å². The molecule has 0 amide bonds. The molecular formula is C10H16IN3. The Labute approximate surface area is 102 Å². The van der Waals surface area contributed by atoms with Gasteiger partial charge in [-0.2, -0.15) is 0 Å². The monoisotopic (exact) mass is 305 g/mol. The molecule has 0 radical (unpaired) electrons. The highest BCUT2D eigenvalue weighted by molar-refractivity contribution is 14.0. The molecule has 0 aliphatic heterocycles. The van der Waals surface area contributed by atoms with Gasteiger partial charge in [0.25, 0.3) is 0 Å². The number of halogens is 1. The van der Waals surface area contributed by atoms with Crippen LogP contribution >= 0.6 is 24.0 Å². The van der Waals surface area contributed by atoms with Crippen molar-refractivity contribution in [2.45, 2.75) is 19.4 Å². The third-order valence-electron chi connectivity index (χ3n) is 1.87. The van der Waals surface area contributed by atoms with Crippen LogP contribution in [0, 0.1) is 0 Å². The number of hydrogen-bond donors (Lipinski definition) is 1. The number of nitrogens with one attached hydrogen (secondary N) is 1. The molecule has 3 nitrogen and oxygen atoms in total. The van der Waals surface area contributed by atoms with E-state index in [4.69, 9.17) is 0 Å². The van der Waals surface area contributed by atoms with Crippen LogP contribution in [0.4, 0.5) is 0 Å². The summed E-state index contributed by atoms with van der Waals surface area (Å²) in [5.74, 6) is 0. The highest BCUT2D eigenvalue weighted by Crippen LogP contribution is 1.99. The van der Waals surface area contributed by atoms with Gasteiger partial charge in [-0.15, -0.1) is 24.0 Å². The van der Waals surface area contributed by atoms with E-state index >= 15 is 0 Å². The summed E-state index contributed by atoms with van der Waals surface area (Å²) < 4.78 is 0. The lowest BCUT2D eigenvalue weighted by molar-refractivity contribution is 0.621. The Balaban J connectivity index is 0.00000169. The van der Waals surface area contributed by atoms with Gasteiger partial charge in [0.15, 0.2) is 0 Å². The van der Waals surface area contributed by atoms with Crippen LogP contribution in [0.25, 0.3) is 6.08 Å². The maximum atomic E-state index is 3.92. The molecule has 0 saturated carbocycles. The summed E-state index contributed by atoms with van der Waals surface area (Å²) in [6.45, 7) is 2.14. The Bertz CT molecular complexity index is 261. The van der Waals surface area contributed by atoms with E-state index in [1.54, 1.807) is 12.4 Å². The highest BCUT2D eigenvalue weighted by Gasteiger charge is 1.92. The summed E-state index contributed by atoms with van der Waals surface area (Å²) in [4.78, 5) is 7.85. The average molecular weight is 305 g/mol. The first-order valence-corrected chi connectivity index (χ1v) is 4.41. The maximum Gasteiger partial charge on any atom is 0.115 e. The Morgan fingerprint density at radius 3 is 2.64 bits per heavy atom. The zero-order valence-corrected chi connectivity index (χ0v) is 10.8. The molecule has 0 aliphatic rings. The molecule has 0 aromatic carbocycles. The van der Waals surface area contributed by atoms with Crippen LogP contribution in [0.5, 0.6) is 0 Å². The van der Waals surface area contributed by atoms with E-state index in [1.807, 2.05) is 13.1 Å². The van der Waals surface area contributed by atoms with E-state index < -0.39 is 0 Å². The summed E-state index contributed by atoms with van der Waals surface area (Å²) >= 11 is 0. The lowest BCUT2D eigenvalue weighted by atomic mass is 10.2. The second kappa shape index (κ2) is 7.87. The van der Waals surface area contributed by atoms with Gasteiger partial charge in [-0.1, -0.05) is 12.2 Å². The zero-order chi connectivity index (χ0) is 9.52. The molecule has 14 heavy (non-hydrogen) atoms. The lowest BCUT2D eigenvalue weighted by Crippen LogP contribution is -2.19. The fourth-order valence-electron chi connectivity index (χ4n) is 0.923. The molecule has 1 atom stereocenters. The van der Waals surface area contributed by atoms with Gasteiger partial charge in [0.1, 0.15) is 6.33 Å². The number of rotatable bonds is 4. The smallest absolute Gasteiger partial charge is 0.115 e. The van der Waals surface area contributed by atoms with Gasteiger partial charge in [0.2, 0.25) is 0 Å². The molecule has 1 aromatic rings. The summed E-state index contributed by atoms with van der Waals surface area (Å²) in [7, 11) is 1.96. The maximum absolute atomic E-state index is 3.92. The fraction of sp³-hybridized carbons (Fsp3) is 0.400. The summed E-state index contributed by atoms with van der Waals surface area (Å²) in [5, 5.41) is 3.17. The summed E-state index contributed by atoms with van der Waals surface area (Å²) in [6.07, 6.45) is 10.3. The van der Waals surface area contributed by atoms with Gasteiger partial charge in [0.05, 0.1) is 0 Å². The van der Waals surface area contributed by atoms with Crippen LogP contribution in [-0.2, 0) is 0 Å². The second-order valence-electron chi connectivity index (χ2n) is 3.00. The molecule has 1 rings (SSSR count). The number of hydrogen-bond acceptors (Lipinski definition) is 3. The minimum atomic E-state index is 0. The quantitative estimate of drug-likeness (QED) is 0.866. The molecule has 78 valence electrons. The SMILES string of the molecule is CN[C@@H](C)C/C=C/c1cncnc1.I. The molecule has 1 aromatic heterocycles. The van der Waals surface area contributed by atoms with Crippen molar-refractivity contribution in [1.82, 2.24) is 15.3 Å². The molecule has 4 heteroatoms. The average Bonchev–Trinajstić information content (AvgIpc) is 2.19. The van der Waals surface area contributed by atoms with Crippen molar-refractivity contribution in [2.75, 3.05) is 7.05 Å². The Morgan fingerprint density at radius 1 is 1.43 bits per heavy atom. The van der Waals surface area contributed by atoms with E-state index in [-0.39, 0.29) is 24.0 Å². The van der Waals surface area contributed by atoms with Crippen molar-refractivity contribution in [3.05, 3.63) is 30.4 Å². The van der Waals surface area contributed by atoms with E-state index in [1.165, 1.54) is 6.33 Å². The van der Waals surface area contributed by atoms with Crippen LogP contribution < -0.4 is 5.32 Å². The largest absolute Gasteiger partial charge is 0.317 e. The topological polar surface area (TPSA) is 37.8 Å². The first kappa shape index (κ1) is 13.5. The van der Waals surface area contributed by atoms with E-state index in [0.717, 1.165) is 12.0 Å². The number of nitrogens with zero attached hydrogens (tertiary/aromatic N) is 2. The zero-order valence-electron chi connectivity index (χ0n) is 8.47. The predicted molar refractivity (Wildman–Crippen MR) is 69.6 cm³/mol. The molecule has 0 bridgehead atoms. The highest BCUT2D eigenvalue weighted by atomic mass is 127. The van der Waals surface area contributed by atoms with Crippen LogP contribution in [0.1, 0.15) is 18.9 Å². The fourth-order valence-corrected chi connectivity index (χ4v) is 0.923. The molecular weight excluding hydrogens is 289 g/mol. The molecule has 0 unspecified atom stereocenters. The van der Waals surface area contributed by atoms with Gasteiger partial charge in [-0.05, 0) is 20.4 Å². The van der Waals surface area contributed by atoms with Crippen LogP contribution in [0.2, 0.25) is 0 Å². The van der Waals surface area contributed by atoms with Gasteiger partial charge in [-0.25, -0.2) is 9.97 Å². The lowest BCUT2D eigenvalue weighted by Gasteiger charge is -2.04. The molecule has 1 N–H and O–H groups in total. The molecule has 1 heterocycles. The van der Waals surface area contributed by atoms with Crippen LogP contribution in [0.15, 0.2) is 24.8 Å². The van der Waals surface area contributed by atoms with E-state index in [2.05, 4.69) is 28.3 Å². The third kappa shape index (κ3) is 5.29. The molecule has 0 aliphatic carbocycles. The second-order valence-corrected chi connectivity index (χ2v) is 3.00. The van der Waals surface area contributed by atoms with Gasteiger partial charge >= 0.3 is 0 Å². The van der Waals surface area contributed by atoms with Crippen molar-refractivity contribution in [1.29, 1.82) is 0 Å². The Hall–Kier alpha value is -0.490. The van der Waals surface area contributed by atoms with E-state index in [9.17, 15) is 0 Å². The first-order valence-electron chi connectivity index (χ1n) is 4.41. The van der Waals surface area contributed by atoms with Gasteiger partial charge in [0, 0.05) is 24.0 Å². The molecule has 0 spiro atoms. The minimum absolute atomic E-state index is 0. The standard InChI is InChI=1S/C10H15N3.HI/c1-9(11-2)4-3-5-10-6-12-8-13-7-10;/h3,5-9,11H,4H2,1-2H3;1H/b5-3+;/t9-;/m0./s1. The summed E-state index contributed by atoms with van der Waals surface area (Å²) in [6, 6.07) is 0.515. The van der Waals surface area contributed by atoms with Crippen molar-refractivity contribution in [3.63, 3.8) is 0 Å². The summed E-state index contributed by atoms with van der Waals surface area (Å²) in [5.41, 5.74) is 1.05. The predicted octanol–water partition coefficient (Wildman–Crippen LogP) is 2.11. The number of aromatic nitrogens is 2. The Kier molecular flexibility index (Phi) is 7.60. The normalized spacial score (nSPS) is 12.4. The van der Waals surface area contributed by atoms with Gasteiger partial charge in [-0.3, -0.25) is 0 Å². The van der Waals surface area contributed by atoms with Crippen molar-refractivity contribution < 1.29 is 0 Å². The van der Waals surface area contributed by atoms with Crippen LogP contribution in [-0.4, -0.2) is 23.1 Å². The van der Waals surface area contributed by atoms with Crippen molar-refractivity contribution in [3.8, 4) is 0 Å². The molecule has 0 fully saturated rings. The molecule has 0 saturated heterocycles. The first-order chi connectivity index (χ1) is 6.33. The van der Waals surface area contributed by atoms with Crippen LogP contribution in [0.3, 0.4) is 0 Å². The minimum Gasteiger partial charge on any atom is -0.317 e. The van der Waals surface area contributed by atoms with Gasteiger partial charge < -0.3 is 5.32 Å². The van der Waals surface area contributed by atoms with E-state index in [0.29, 0.717) is 6.04 Å².